The van der Waals surface area contributed by atoms with Gasteiger partial charge in [0.25, 0.3) is 5.56 Å². The molecular weight excluding hydrogens is 458 g/mol. The molecule has 1 aliphatic carbocycles. The van der Waals surface area contributed by atoms with E-state index < -0.39 is 9.84 Å². The molecule has 33 heavy (non-hydrogen) atoms. The summed E-state index contributed by atoms with van der Waals surface area (Å²) in [7, 11) is -3.12. The Balaban J connectivity index is 1.43. The summed E-state index contributed by atoms with van der Waals surface area (Å²) in [5.41, 5.74) is 1.41. The van der Waals surface area contributed by atoms with Crippen LogP contribution in [-0.2, 0) is 21.2 Å². The molecule has 1 aliphatic heterocycles. The maximum absolute atomic E-state index is 13.5. The smallest absolute Gasteiger partial charge is 0.271 e. The van der Waals surface area contributed by atoms with E-state index in [9.17, 15) is 18.0 Å². The Labute approximate surface area is 197 Å². The summed E-state index contributed by atoms with van der Waals surface area (Å²) in [6, 6.07) is 11.5. The number of sulfone groups is 1. The zero-order chi connectivity index (χ0) is 23.0. The number of carbonyl (C=O) groups excluding carboxylic acids is 1. The number of thiophene rings is 1. The molecule has 1 saturated carbocycles. The van der Waals surface area contributed by atoms with Crippen LogP contribution in [0.5, 0.6) is 0 Å². The maximum atomic E-state index is 13.5. The number of nitrogens with zero attached hydrogens (tertiary/aromatic N) is 3. The van der Waals surface area contributed by atoms with Crippen LogP contribution in [0, 0.1) is 0 Å². The lowest BCUT2D eigenvalue weighted by Gasteiger charge is -2.38. The summed E-state index contributed by atoms with van der Waals surface area (Å²) in [5.74, 6) is -0.0432. The first kappa shape index (κ1) is 22.3. The highest BCUT2D eigenvalue weighted by atomic mass is 32.2. The number of amides is 1. The third kappa shape index (κ3) is 4.61. The van der Waals surface area contributed by atoms with Gasteiger partial charge in [-0.3, -0.25) is 14.2 Å². The molecule has 7 nitrogen and oxygen atoms in total. The van der Waals surface area contributed by atoms with Gasteiger partial charge in [0.15, 0.2) is 9.84 Å². The van der Waals surface area contributed by atoms with Gasteiger partial charge in [0.05, 0.1) is 23.3 Å². The number of aromatic nitrogens is 2. The Morgan fingerprint density at radius 2 is 1.85 bits per heavy atom. The number of benzene rings is 1. The zero-order valence-electron chi connectivity index (χ0n) is 18.4. The molecule has 1 saturated heterocycles. The molecule has 0 radical (unpaired) electrons. The lowest BCUT2D eigenvalue weighted by Crippen LogP contribution is -2.50. The molecule has 1 aromatic carbocycles. The highest BCUT2D eigenvalue weighted by molar-refractivity contribution is 7.91. The quantitative estimate of drug-likeness (QED) is 0.552. The van der Waals surface area contributed by atoms with Crippen molar-refractivity contribution in [2.24, 2.45) is 0 Å². The summed E-state index contributed by atoms with van der Waals surface area (Å²) in [6.45, 7) is -0.118. The summed E-state index contributed by atoms with van der Waals surface area (Å²) >= 11 is 1.38. The fourth-order valence-corrected chi connectivity index (χ4v) is 7.87. The van der Waals surface area contributed by atoms with Gasteiger partial charge in [0, 0.05) is 17.0 Å². The van der Waals surface area contributed by atoms with Crippen LogP contribution in [0.1, 0.15) is 38.5 Å². The predicted molar refractivity (Wildman–Crippen MR) is 130 cm³/mol. The van der Waals surface area contributed by atoms with E-state index >= 15 is 0 Å². The Kier molecular flexibility index (Phi) is 6.09. The standard InChI is InChI=1S/C24H27N3O4S2/c28-22(27(18-9-5-2-6-10-18)19-11-12-33(30,31)15-19)14-26-16-25-20-13-21(32-23(20)24(26)29)17-7-3-1-4-8-17/h1,3-4,7-8,13,16,18-19H,2,5-6,9-12,14-15H2. The van der Waals surface area contributed by atoms with E-state index in [1.165, 1.54) is 22.2 Å². The van der Waals surface area contributed by atoms with Gasteiger partial charge < -0.3 is 4.90 Å². The van der Waals surface area contributed by atoms with Gasteiger partial charge in [0.2, 0.25) is 5.91 Å². The number of fused-ring (bicyclic) bond motifs is 1. The minimum atomic E-state index is -3.12. The number of hydrogen-bond acceptors (Lipinski definition) is 6. The van der Waals surface area contributed by atoms with Crippen molar-refractivity contribution in [3.05, 3.63) is 53.1 Å². The number of rotatable bonds is 5. The maximum Gasteiger partial charge on any atom is 0.271 e. The van der Waals surface area contributed by atoms with Gasteiger partial charge >= 0.3 is 0 Å². The van der Waals surface area contributed by atoms with E-state index in [-0.39, 0.29) is 41.6 Å². The van der Waals surface area contributed by atoms with Crippen molar-refractivity contribution in [1.29, 1.82) is 0 Å². The molecule has 2 aromatic heterocycles. The third-order valence-corrected chi connectivity index (χ3v) is 9.64. The zero-order valence-corrected chi connectivity index (χ0v) is 20.0. The third-order valence-electron chi connectivity index (χ3n) is 6.73. The molecule has 5 rings (SSSR count). The van der Waals surface area contributed by atoms with E-state index in [0.29, 0.717) is 16.6 Å². The molecule has 1 amide bonds. The van der Waals surface area contributed by atoms with Crippen LogP contribution in [0.2, 0.25) is 0 Å². The Morgan fingerprint density at radius 3 is 2.55 bits per heavy atom. The van der Waals surface area contributed by atoms with E-state index in [1.807, 2.05) is 36.4 Å². The summed E-state index contributed by atoms with van der Waals surface area (Å²) < 4.78 is 26.1. The van der Waals surface area contributed by atoms with E-state index in [1.54, 1.807) is 4.90 Å². The van der Waals surface area contributed by atoms with E-state index in [0.717, 1.165) is 42.5 Å². The van der Waals surface area contributed by atoms with Crippen molar-refractivity contribution in [3.63, 3.8) is 0 Å². The monoisotopic (exact) mass is 485 g/mol. The van der Waals surface area contributed by atoms with Crippen molar-refractivity contribution in [1.82, 2.24) is 14.5 Å². The fourth-order valence-electron chi connectivity index (χ4n) is 5.09. The molecule has 1 unspecified atom stereocenters. The Hall–Kier alpha value is -2.52. The van der Waals surface area contributed by atoms with Gasteiger partial charge in [-0.15, -0.1) is 11.3 Å². The van der Waals surface area contributed by atoms with Crippen molar-refractivity contribution in [3.8, 4) is 10.4 Å². The molecule has 0 spiro atoms. The van der Waals surface area contributed by atoms with Crippen LogP contribution in [0.4, 0.5) is 0 Å². The van der Waals surface area contributed by atoms with Crippen molar-refractivity contribution in [2.45, 2.75) is 57.2 Å². The van der Waals surface area contributed by atoms with Crippen molar-refractivity contribution in [2.75, 3.05) is 11.5 Å². The molecule has 1 atom stereocenters. The second-order valence-electron chi connectivity index (χ2n) is 9.02. The topological polar surface area (TPSA) is 89.3 Å². The van der Waals surface area contributed by atoms with E-state index in [2.05, 4.69) is 4.98 Å². The average Bonchev–Trinajstić information content (AvgIpc) is 3.41. The molecule has 3 heterocycles. The van der Waals surface area contributed by atoms with Crippen LogP contribution in [0.3, 0.4) is 0 Å². The van der Waals surface area contributed by atoms with Crippen LogP contribution in [0.25, 0.3) is 20.7 Å². The normalized spacial score (nSPS) is 20.8. The fraction of sp³-hybridized carbons (Fsp3) is 0.458. The predicted octanol–water partition coefficient (Wildman–Crippen LogP) is 3.47. The summed E-state index contributed by atoms with van der Waals surface area (Å²) in [4.78, 5) is 33.9. The van der Waals surface area contributed by atoms with Crippen molar-refractivity contribution >= 4 is 37.3 Å². The Morgan fingerprint density at radius 1 is 1.09 bits per heavy atom. The molecule has 0 N–H and O–H groups in total. The minimum Gasteiger partial charge on any atom is -0.334 e. The highest BCUT2D eigenvalue weighted by Gasteiger charge is 2.38. The second kappa shape index (κ2) is 9.02. The van der Waals surface area contributed by atoms with E-state index in [4.69, 9.17) is 0 Å². The first-order valence-electron chi connectivity index (χ1n) is 11.5. The average molecular weight is 486 g/mol. The molecular formula is C24H27N3O4S2. The first-order chi connectivity index (χ1) is 15.9. The van der Waals surface area contributed by atoms with Gasteiger partial charge in [-0.1, -0.05) is 49.6 Å². The molecule has 3 aromatic rings. The lowest BCUT2D eigenvalue weighted by atomic mass is 9.93. The molecule has 2 fully saturated rings. The van der Waals surface area contributed by atoms with Crippen LogP contribution in [-0.4, -0.2) is 52.4 Å². The Bertz CT molecular complexity index is 1320. The summed E-state index contributed by atoms with van der Waals surface area (Å²) in [5, 5.41) is 0. The van der Waals surface area contributed by atoms with Gasteiger partial charge in [0.1, 0.15) is 11.2 Å². The van der Waals surface area contributed by atoms with Gasteiger partial charge in [-0.25, -0.2) is 13.4 Å². The first-order valence-corrected chi connectivity index (χ1v) is 14.1. The second-order valence-corrected chi connectivity index (χ2v) is 12.3. The van der Waals surface area contributed by atoms with Gasteiger partial charge in [-0.2, -0.15) is 0 Å². The minimum absolute atomic E-state index is 0.0206. The molecule has 174 valence electrons. The van der Waals surface area contributed by atoms with Crippen LogP contribution < -0.4 is 5.56 Å². The number of hydrogen-bond donors (Lipinski definition) is 0. The van der Waals surface area contributed by atoms with Crippen LogP contribution >= 0.6 is 11.3 Å². The van der Waals surface area contributed by atoms with Gasteiger partial charge in [-0.05, 0) is 30.9 Å². The number of carbonyl (C=O) groups is 1. The highest BCUT2D eigenvalue weighted by Crippen LogP contribution is 2.31. The SMILES string of the molecule is O=C(Cn1cnc2cc(-c3ccccc3)sc2c1=O)N(C1CCCCC1)C1CCS(=O)(=O)C1. The lowest BCUT2D eigenvalue weighted by molar-refractivity contribution is -0.137. The molecule has 0 bridgehead atoms. The summed E-state index contributed by atoms with van der Waals surface area (Å²) in [6.07, 6.45) is 6.91. The largest absolute Gasteiger partial charge is 0.334 e. The van der Waals surface area contributed by atoms with Crippen LogP contribution in [0.15, 0.2) is 47.5 Å². The molecule has 9 heteroatoms. The van der Waals surface area contributed by atoms with Crippen molar-refractivity contribution < 1.29 is 13.2 Å². The molecule has 2 aliphatic rings.